The maximum absolute atomic E-state index is 14.2. The van der Waals surface area contributed by atoms with E-state index in [4.69, 9.17) is 0 Å². The summed E-state index contributed by atoms with van der Waals surface area (Å²) in [7, 11) is 0. The van der Waals surface area contributed by atoms with Crippen molar-refractivity contribution in [1.82, 2.24) is 0 Å². The summed E-state index contributed by atoms with van der Waals surface area (Å²) in [5, 5.41) is 0. The predicted octanol–water partition coefficient (Wildman–Crippen LogP) is 11.0. The Labute approximate surface area is 243 Å². The van der Waals surface area contributed by atoms with E-state index in [1.807, 2.05) is 13.8 Å². The second-order valence-electron chi connectivity index (χ2n) is 12.9. The number of aryl methyl sites for hydroxylation is 2. The topological polar surface area (TPSA) is 0 Å². The van der Waals surface area contributed by atoms with Gasteiger partial charge in [0.25, 0.3) is 0 Å². The van der Waals surface area contributed by atoms with Gasteiger partial charge in [0.1, 0.15) is 5.83 Å². The maximum atomic E-state index is 14.2. The van der Waals surface area contributed by atoms with Crippen LogP contribution in [0, 0.1) is 35.5 Å². The summed E-state index contributed by atoms with van der Waals surface area (Å²) in [4.78, 5) is 0. The monoisotopic (exact) mass is 538 g/mol. The fourth-order valence-electron chi connectivity index (χ4n) is 7.88. The molecule has 0 N–H and O–H groups in total. The average Bonchev–Trinajstić information content (AvgIpc) is 3.80. The highest BCUT2D eigenvalue weighted by Gasteiger charge is 2.49. The Kier molecular flexibility index (Phi) is 10.2. The molecule has 214 valence electrons. The minimum absolute atomic E-state index is 0.126. The highest BCUT2D eigenvalue weighted by Crippen LogP contribution is 2.58. The molecular formula is C39H51F. The number of fused-ring (bicyclic) bond motifs is 2. The zero-order valence-electron chi connectivity index (χ0n) is 25.3. The molecule has 2 aromatic carbocycles. The number of halogens is 1. The molecule has 6 rings (SSSR count). The molecule has 4 aliphatic carbocycles. The molecule has 0 spiro atoms. The van der Waals surface area contributed by atoms with Crippen molar-refractivity contribution in [3.05, 3.63) is 106 Å². The van der Waals surface area contributed by atoms with Gasteiger partial charge in [0.2, 0.25) is 0 Å². The number of allylic oxidation sites excluding steroid dienone is 6. The van der Waals surface area contributed by atoms with E-state index >= 15 is 0 Å². The summed E-state index contributed by atoms with van der Waals surface area (Å²) in [5.41, 5.74) is 7.75. The smallest absolute Gasteiger partial charge is 0.104 e. The van der Waals surface area contributed by atoms with Crippen LogP contribution >= 0.6 is 0 Å². The highest BCUT2D eigenvalue weighted by molar-refractivity contribution is 5.38. The van der Waals surface area contributed by atoms with Crippen LogP contribution in [0.5, 0.6) is 0 Å². The molecule has 0 saturated heterocycles. The lowest BCUT2D eigenvalue weighted by Gasteiger charge is -2.43. The summed E-state index contributed by atoms with van der Waals surface area (Å²) >= 11 is 0. The Balaban J connectivity index is 0.00000158. The lowest BCUT2D eigenvalue weighted by Crippen LogP contribution is -2.34. The Morgan fingerprint density at radius 3 is 2.08 bits per heavy atom. The van der Waals surface area contributed by atoms with Gasteiger partial charge >= 0.3 is 0 Å². The summed E-state index contributed by atoms with van der Waals surface area (Å²) < 4.78 is 14.2. The van der Waals surface area contributed by atoms with Crippen molar-refractivity contribution in [3.63, 3.8) is 0 Å². The normalized spacial score (nSPS) is 28.6. The highest BCUT2D eigenvalue weighted by atomic mass is 19.1. The van der Waals surface area contributed by atoms with Crippen LogP contribution < -0.4 is 0 Å². The van der Waals surface area contributed by atoms with Gasteiger partial charge in [-0.25, -0.2) is 4.39 Å². The van der Waals surface area contributed by atoms with Gasteiger partial charge in [0, 0.05) is 5.92 Å². The largest absolute Gasteiger partial charge is 0.211 e. The molecule has 0 heterocycles. The van der Waals surface area contributed by atoms with Gasteiger partial charge in [-0.05, 0) is 117 Å². The SMILES string of the molecule is CC.CC1CC=C2C(CCC(C3=CC=C(F)C4CC34)C2Cc2ccc(CCCCCCc3ccccc3)cc2)C1. The van der Waals surface area contributed by atoms with E-state index in [9.17, 15) is 4.39 Å². The summed E-state index contributed by atoms with van der Waals surface area (Å²) in [6.45, 7) is 6.42. The number of unbranched alkanes of at least 4 members (excludes halogenated alkanes) is 3. The Morgan fingerprint density at radius 1 is 0.675 bits per heavy atom. The second-order valence-corrected chi connectivity index (χ2v) is 12.9. The van der Waals surface area contributed by atoms with E-state index in [0.717, 1.165) is 24.7 Å². The molecule has 2 saturated carbocycles. The zero-order chi connectivity index (χ0) is 27.9. The van der Waals surface area contributed by atoms with Gasteiger partial charge in [-0.3, -0.25) is 0 Å². The molecule has 0 nitrogen and oxygen atoms in total. The van der Waals surface area contributed by atoms with Crippen molar-refractivity contribution in [2.75, 3.05) is 0 Å². The molecule has 2 fully saturated rings. The van der Waals surface area contributed by atoms with Crippen LogP contribution in [0.15, 0.2) is 89.8 Å². The van der Waals surface area contributed by atoms with Gasteiger partial charge in [-0.1, -0.05) is 112 Å². The maximum Gasteiger partial charge on any atom is 0.104 e. The molecule has 40 heavy (non-hydrogen) atoms. The van der Waals surface area contributed by atoms with E-state index in [2.05, 4.69) is 73.7 Å². The molecule has 0 aromatic heterocycles. The van der Waals surface area contributed by atoms with Crippen molar-refractivity contribution >= 4 is 0 Å². The van der Waals surface area contributed by atoms with Crippen molar-refractivity contribution in [2.45, 2.75) is 97.8 Å². The molecule has 0 amide bonds. The molecule has 0 bridgehead atoms. The van der Waals surface area contributed by atoms with Gasteiger partial charge in [-0.15, -0.1) is 0 Å². The standard InChI is InChI=1S/C37H45F.C2H6/c1-26-13-19-31-30(23-26)18-20-32(33-21-22-37(38)36-25-35(33)36)34(31)24-29-16-14-28(15-17-29)12-6-3-2-5-9-27-10-7-4-8-11-27;1-2/h4,7-8,10-11,14-17,19,21-22,26,30,32,34-36H,2-3,5-6,9,12-13,18,20,23-25H2,1H3;1-2H3. The first-order valence-corrected chi connectivity index (χ1v) is 16.5. The first kappa shape index (κ1) is 29.1. The third-order valence-electron chi connectivity index (χ3n) is 10.1. The predicted molar refractivity (Wildman–Crippen MR) is 169 cm³/mol. The van der Waals surface area contributed by atoms with Gasteiger partial charge < -0.3 is 0 Å². The molecule has 0 aliphatic heterocycles. The Morgan fingerprint density at radius 2 is 1.35 bits per heavy atom. The van der Waals surface area contributed by atoms with Crippen molar-refractivity contribution in [1.29, 1.82) is 0 Å². The molecule has 0 radical (unpaired) electrons. The van der Waals surface area contributed by atoms with Crippen LogP contribution in [0.25, 0.3) is 0 Å². The quantitative estimate of drug-likeness (QED) is 0.208. The molecule has 1 heteroatoms. The van der Waals surface area contributed by atoms with E-state index in [1.165, 1.54) is 80.9 Å². The summed E-state index contributed by atoms with van der Waals surface area (Å²) in [6.07, 6.45) is 21.6. The lowest BCUT2D eigenvalue weighted by atomic mass is 9.61. The molecule has 6 unspecified atom stereocenters. The number of hydrogen-bond acceptors (Lipinski definition) is 0. The van der Waals surface area contributed by atoms with Crippen LogP contribution in [0.2, 0.25) is 0 Å². The second kappa shape index (κ2) is 14.0. The van der Waals surface area contributed by atoms with Crippen LogP contribution in [-0.4, -0.2) is 0 Å². The number of hydrogen-bond donors (Lipinski definition) is 0. The summed E-state index contributed by atoms with van der Waals surface area (Å²) in [6, 6.07) is 20.5. The van der Waals surface area contributed by atoms with Crippen LogP contribution in [0.3, 0.4) is 0 Å². The molecule has 2 aromatic rings. The van der Waals surface area contributed by atoms with Gasteiger partial charge in [0.05, 0.1) is 0 Å². The minimum atomic E-state index is 0.126. The van der Waals surface area contributed by atoms with Crippen LogP contribution in [-0.2, 0) is 19.3 Å². The van der Waals surface area contributed by atoms with E-state index in [1.54, 1.807) is 17.2 Å². The zero-order valence-corrected chi connectivity index (χ0v) is 25.3. The minimum Gasteiger partial charge on any atom is -0.211 e. The molecule has 4 aliphatic rings. The fraction of sp³-hybridized carbons (Fsp3) is 0.538. The van der Waals surface area contributed by atoms with Crippen LogP contribution in [0.1, 0.15) is 95.2 Å². The Hall–Kier alpha value is -2.41. The van der Waals surface area contributed by atoms with Crippen molar-refractivity contribution in [2.24, 2.45) is 35.5 Å². The van der Waals surface area contributed by atoms with Gasteiger partial charge in [0.15, 0.2) is 0 Å². The lowest BCUT2D eigenvalue weighted by molar-refractivity contribution is 0.240. The van der Waals surface area contributed by atoms with E-state index in [-0.39, 0.29) is 11.7 Å². The third-order valence-corrected chi connectivity index (χ3v) is 10.1. The summed E-state index contributed by atoms with van der Waals surface area (Å²) in [5.74, 6) is 3.60. The molecule has 6 atom stereocenters. The van der Waals surface area contributed by atoms with Crippen molar-refractivity contribution in [3.8, 4) is 0 Å². The number of rotatable bonds is 10. The average molecular weight is 539 g/mol. The molecular weight excluding hydrogens is 487 g/mol. The Bertz CT molecular complexity index is 1170. The van der Waals surface area contributed by atoms with E-state index in [0.29, 0.717) is 17.8 Å². The third kappa shape index (κ3) is 7.07. The van der Waals surface area contributed by atoms with Gasteiger partial charge in [-0.2, -0.15) is 0 Å². The van der Waals surface area contributed by atoms with E-state index < -0.39 is 0 Å². The van der Waals surface area contributed by atoms with Crippen LogP contribution in [0.4, 0.5) is 4.39 Å². The first-order valence-electron chi connectivity index (χ1n) is 16.5. The van der Waals surface area contributed by atoms with Crippen molar-refractivity contribution < 1.29 is 4.39 Å². The first-order chi connectivity index (χ1) is 19.7. The number of benzene rings is 2. The fourth-order valence-corrected chi connectivity index (χ4v) is 7.88.